The van der Waals surface area contributed by atoms with Crippen LogP contribution in [0, 0.1) is 17.6 Å². The molecule has 176 valence electrons. The molecule has 1 aliphatic heterocycles. The van der Waals surface area contributed by atoms with Crippen LogP contribution in [0.4, 0.5) is 20.2 Å². The monoisotopic (exact) mass is 472 g/mol. The molecule has 0 spiro atoms. The molecule has 1 unspecified atom stereocenters. The van der Waals surface area contributed by atoms with Gasteiger partial charge in [0.1, 0.15) is 34.6 Å². The number of carbonyl (C=O) groups excluding carboxylic acids is 1. The van der Waals surface area contributed by atoms with E-state index in [1.807, 2.05) is 25.1 Å². The number of oxazole rings is 1. The second-order valence-electron chi connectivity index (χ2n) is 8.12. The van der Waals surface area contributed by atoms with E-state index >= 15 is 0 Å². The molecule has 0 fully saturated rings. The highest BCUT2D eigenvalue weighted by atomic mass is 19.1. The van der Waals surface area contributed by atoms with E-state index in [9.17, 15) is 13.6 Å². The van der Waals surface area contributed by atoms with E-state index in [1.54, 1.807) is 46.4 Å². The van der Waals surface area contributed by atoms with Crippen molar-refractivity contribution in [1.82, 2.24) is 9.99 Å². The molecule has 0 aliphatic carbocycles. The Balaban J connectivity index is 1.71. The molecule has 0 saturated heterocycles. The Morgan fingerprint density at radius 2 is 1.66 bits per heavy atom. The summed E-state index contributed by atoms with van der Waals surface area (Å²) in [4.78, 5) is 19.3. The minimum Gasteiger partial charge on any atom is -0.435 e. The van der Waals surface area contributed by atoms with E-state index in [2.05, 4.69) is 10.1 Å². The molecule has 2 heterocycles. The van der Waals surface area contributed by atoms with E-state index in [0.29, 0.717) is 40.4 Å². The number of rotatable bonds is 6. The molecular formula is C27H22F2N4O2. The fourth-order valence-electron chi connectivity index (χ4n) is 4.17. The molecule has 6 nitrogen and oxygen atoms in total. The van der Waals surface area contributed by atoms with E-state index in [4.69, 9.17) is 4.42 Å². The summed E-state index contributed by atoms with van der Waals surface area (Å²) in [6.07, 6.45) is 1.72. The second kappa shape index (κ2) is 9.13. The Bertz CT molecular complexity index is 1400. The number of nitrogens with zero attached hydrogens (tertiary/aromatic N) is 4. The molecule has 0 amide bonds. The number of halogens is 2. The predicted molar refractivity (Wildman–Crippen MR) is 130 cm³/mol. The van der Waals surface area contributed by atoms with Gasteiger partial charge in [-0.1, -0.05) is 24.3 Å². The summed E-state index contributed by atoms with van der Waals surface area (Å²) in [5, 5.41) is 6.30. The molecule has 8 heteroatoms. The summed E-state index contributed by atoms with van der Waals surface area (Å²) in [6.45, 7) is 3.84. The van der Waals surface area contributed by atoms with Crippen LogP contribution >= 0.6 is 0 Å². The number of aromatic nitrogens is 1. The van der Waals surface area contributed by atoms with Crippen molar-refractivity contribution in [2.75, 3.05) is 11.4 Å². The molecule has 1 atom stereocenters. The average molecular weight is 472 g/mol. The highest BCUT2D eigenvalue weighted by Gasteiger charge is 2.37. The number of hydrazone groups is 1. The maximum Gasteiger partial charge on any atom is 0.244 e. The van der Waals surface area contributed by atoms with Crippen molar-refractivity contribution in [1.29, 1.82) is 0 Å². The number of para-hydroxylation sites is 2. The average Bonchev–Trinajstić information content (AvgIpc) is 3.28. The van der Waals surface area contributed by atoms with Crippen molar-refractivity contribution in [2.45, 2.75) is 13.8 Å². The van der Waals surface area contributed by atoms with Gasteiger partial charge in [-0.15, -0.1) is 0 Å². The number of fused-ring (bicyclic) bond motifs is 1. The molecule has 5 rings (SSSR count). The van der Waals surface area contributed by atoms with Crippen LogP contribution in [0.25, 0.3) is 11.1 Å². The molecule has 35 heavy (non-hydrogen) atoms. The largest absolute Gasteiger partial charge is 0.435 e. The van der Waals surface area contributed by atoms with Crippen LogP contribution in [-0.4, -0.2) is 28.0 Å². The number of hydrogen-bond donors (Lipinski definition) is 0. The summed E-state index contributed by atoms with van der Waals surface area (Å²) in [5.41, 5.74) is 2.87. The number of carbonyl (C=O) groups is 1. The lowest BCUT2D eigenvalue weighted by atomic mass is 9.92. The van der Waals surface area contributed by atoms with Gasteiger partial charge in [-0.25, -0.2) is 13.8 Å². The fraction of sp³-hybridized carbons (Fsp3) is 0.148. The van der Waals surface area contributed by atoms with Gasteiger partial charge in [0.15, 0.2) is 5.58 Å². The van der Waals surface area contributed by atoms with Gasteiger partial charge >= 0.3 is 0 Å². The Labute approximate surface area is 200 Å². The van der Waals surface area contributed by atoms with Gasteiger partial charge in [0, 0.05) is 24.1 Å². The van der Waals surface area contributed by atoms with Gasteiger partial charge in [-0.2, -0.15) is 5.10 Å². The standard InChI is InChI=1S/C27H22F2N4O2/c1-3-32-16-23(33(20-10-6-8-18(28)14-20)21-11-7-9-19(29)15-21)25(17(2)34)26(31-32)27-30-22-12-4-5-13-24(22)35-27/h4-16,25H,3H2,1-2H3. The van der Waals surface area contributed by atoms with E-state index in [0.717, 1.165) is 0 Å². The summed E-state index contributed by atoms with van der Waals surface area (Å²) < 4.78 is 34.6. The molecule has 0 saturated carbocycles. The quantitative estimate of drug-likeness (QED) is 0.343. The molecule has 0 bridgehead atoms. The van der Waals surface area contributed by atoms with Crippen molar-refractivity contribution >= 4 is 34.0 Å². The minimum atomic E-state index is -0.891. The lowest BCUT2D eigenvalue weighted by Gasteiger charge is -2.35. The Kier molecular flexibility index (Phi) is 5.86. The van der Waals surface area contributed by atoms with Crippen LogP contribution < -0.4 is 4.90 Å². The first-order valence-corrected chi connectivity index (χ1v) is 11.2. The van der Waals surface area contributed by atoms with Gasteiger partial charge in [0.2, 0.25) is 5.89 Å². The van der Waals surface area contributed by atoms with Crippen LogP contribution in [-0.2, 0) is 4.79 Å². The third kappa shape index (κ3) is 4.30. The number of anilines is 2. The number of allylic oxidation sites excluding steroid dienone is 1. The van der Waals surface area contributed by atoms with Crippen LogP contribution in [0.5, 0.6) is 0 Å². The Morgan fingerprint density at radius 1 is 1.00 bits per heavy atom. The maximum atomic E-state index is 14.3. The number of ketones is 1. The van der Waals surface area contributed by atoms with Crippen LogP contribution in [0.15, 0.2) is 94.2 Å². The van der Waals surface area contributed by atoms with E-state index < -0.39 is 17.6 Å². The molecule has 0 radical (unpaired) electrons. The van der Waals surface area contributed by atoms with Crippen LogP contribution in [0.1, 0.15) is 19.7 Å². The van der Waals surface area contributed by atoms with Gasteiger partial charge in [-0.3, -0.25) is 9.80 Å². The van der Waals surface area contributed by atoms with Gasteiger partial charge in [0.05, 0.1) is 5.70 Å². The van der Waals surface area contributed by atoms with Gasteiger partial charge in [0.25, 0.3) is 0 Å². The lowest BCUT2D eigenvalue weighted by molar-refractivity contribution is -0.118. The van der Waals surface area contributed by atoms with Crippen molar-refractivity contribution in [3.63, 3.8) is 0 Å². The normalized spacial score (nSPS) is 15.7. The van der Waals surface area contributed by atoms with E-state index in [-0.39, 0.29) is 11.7 Å². The summed E-state index contributed by atoms with van der Waals surface area (Å²) in [7, 11) is 0. The van der Waals surface area contributed by atoms with Gasteiger partial charge < -0.3 is 9.32 Å². The predicted octanol–water partition coefficient (Wildman–Crippen LogP) is 6.03. The lowest BCUT2D eigenvalue weighted by Crippen LogP contribution is -2.38. The zero-order valence-electron chi connectivity index (χ0n) is 19.2. The number of benzene rings is 3. The SMILES string of the molecule is CCN1C=C(N(c2cccc(F)c2)c2cccc(F)c2)C(C(C)=O)C(c2nc3ccccc3o2)=N1. The first kappa shape index (κ1) is 22.5. The molecule has 1 aromatic heterocycles. The van der Waals surface area contributed by atoms with Crippen molar-refractivity contribution in [3.8, 4) is 0 Å². The van der Waals surface area contributed by atoms with E-state index in [1.165, 1.54) is 31.2 Å². The third-order valence-corrected chi connectivity index (χ3v) is 5.72. The highest BCUT2D eigenvalue weighted by molar-refractivity contribution is 6.14. The Hall–Kier alpha value is -4.33. The second-order valence-corrected chi connectivity index (χ2v) is 8.12. The molecule has 0 N–H and O–H groups in total. The smallest absolute Gasteiger partial charge is 0.244 e. The first-order valence-electron chi connectivity index (χ1n) is 11.2. The maximum absolute atomic E-state index is 14.3. The number of Topliss-reactive ketones (excluding diaryl/α,β-unsaturated/α-hetero) is 1. The molecule has 4 aromatic rings. The minimum absolute atomic E-state index is 0.217. The summed E-state index contributed by atoms with van der Waals surface area (Å²) >= 11 is 0. The topological polar surface area (TPSA) is 61.9 Å². The zero-order valence-corrected chi connectivity index (χ0v) is 19.2. The fourth-order valence-corrected chi connectivity index (χ4v) is 4.17. The summed E-state index contributed by atoms with van der Waals surface area (Å²) in [5.74, 6) is -1.81. The number of hydrogen-bond acceptors (Lipinski definition) is 6. The van der Waals surface area contributed by atoms with Crippen LogP contribution in [0.2, 0.25) is 0 Å². The molecular weight excluding hydrogens is 450 g/mol. The molecule has 1 aliphatic rings. The third-order valence-electron chi connectivity index (χ3n) is 5.72. The van der Waals surface area contributed by atoms with Crippen molar-refractivity contribution < 1.29 is 18.0 Å². The Morgan fingerprint density at radius 3 is 2.23 bits per heavy atom. The first-order chi connectivity index (χ1) is 16.9. The van der Waals surface area contributed by atoms with Crippen LogP contribution in [0.3, 0.4) is 0 Å². The molecule has 3 aromatic carbocycles. The zero-order chi connectivity index (χ0) is 24.5. The van der Waals surface area contributed by atoms with Crippen molar-refractivity contribution in [3.05, 3.63) is 102 Å². The summed E-state index contributed by atoms with van der Waals surface area (Å²) in [6, 6.07) is 19.2. The highest BCUT2D eigenvalue weighted by Crippen LogP contribution is 2.37. The van der Waals surface area contributed by atoms with Gasteiger partial charge in [-0.05, 0) is 62.4 Å². The van der Waals surface area contributed by atoms with Crippen molar-refractivity contribution in [2.24, 2.45) is 11.0 Å².